The van der Waals surface area contributed by atoms with Crippen LogP contribution in [0, 0.1) is 0 Å². The van der Waals surface area contributed by atoms with E-state index in [2.05, 4.69) is 4.90 Å². The predicted molar refractivity (Wildman–Crippen MR) is 47.0 cm³/mol. The van der Waals surface area contributed by atoms with Crippen molar-refractivity contribution in [2.45, 2.75) is 32.2 Å². The predicted octanol–water partition coefficient (Wildman–Crippen LogP) is 0.422. The second-order valence-electron chi connectivity index (χ2n) is 3.47. The lowest BCUT2D eigenvalue weighted by atomic mass is 10.2. The molecule has 3 heteroatoms. The van der Waals surface area contributed by atoms with Crippen molar-refractivity contribution in [3.05, 3.63) is 0 Å². The summed E-state index contributed by atoms with van der Waals surface area (Å²) < 4.78 is 0. The third-order valence-electron chi connectivity index (χ3n) is 2.46. The molecule has 1 saturated heterocycles. The van der Waals surface area contributed by atoms with E-state index in [1.165, 1.54) is 0 Å². The molecule has 0 aromatic heterocycles. The van der Waals surface area contributed by atoms with Gasteiger partial charge < -0.3 is 5.11 Å². The fraction of sp³-hybridized carbons (Fsp3) is 0.889. The number of carbonyl (C=O) groups is 1. The lowest BCUT2D eigenvalue weighted by Gasteiger charge is -2.21. The molecule has 1 unspecified atom stereocenters. The molecule has 0 aliphatic carbocycles. The zero-order valence-electron chi connectivity index (χ0n) is 7.62. The quantitative estimate of drug-likeness (QED) is 0.666. The Morgan fingerprint density at radius 2 is 2.42 bits per heavy atom. The molecule has 0 saturated carbocycles. The molecule has 70 valence electrons. The second-order valence-corrected chi connectivity index (χ2v) is 3.47. The first-order chi connectivity index (χ1) is 5.74. The Kier molecular flexibility index (Phi) is 3.69. The van der Waals surface area contributed by atoms with Gasteiger partial charge in [-0.1, -0.05) is 0 Å². The molecule has 0 amide bonds. The molecule has 1 aliphatic rings. The molecular formula is C9H17NO2. The normalized spacial score (nSPS) is 24.7. The van der Waals surface area contributed by atoms with Crippen molar-refractivity contribution in [3.63, 3.8) is 0 Å². The van der Waals surface area contributed by atoms with Gasteiger partial charge in [0.25, 0.3) is 0 Å². The van der Waals surface area contributed by atoms with E-state index in [1.54, 1.807) is 6.92 Å². The SMILES string of the molecule is CC(=O)CCN1CCCC1CO. The van der Waals surface area contributed by atoms with E-state index in [1.807, 2.05) is 0 Å². The van der Waals surface area contributed by atoms with Crippen LogP contribution in [0.4, 0.5) is 0 Å². The van der Waals surface area contributed by atoms with Gasteiger partial charge in [0.2, 0.25) is 0 Å². The summed E-state index contributed by atoms with van der Waals surface area (Å²) in [5.41, 5.74) is 0. The molecule has 0 spiro atoms. The molecule has 1 rings (SSSR count). The molecule has 0 radical (unpaired) electrons. The van der Waals surface area contributed by atoms with Crippen molar-refractivity contribution in [1.82, 2.24) is 4.90 Å². The minimum atomic E-state index is 0.234. The van der Waals surface area contributed by atoms with Crippen molar-refractivity contribution in [1.29, 1.82) is 0 Å². The summed E-state index contributed by atoms with van der Waals surface area (Å²) in [7, 11) is 0. The Balaban J connectivity index is 2.26. The summed E-state index contributed by atoms with van der Waals surface area (Å²) in [6, 6.07) is 0.310. The van der Waals surface area contributed by atoms with Crippen LogP contribution in [-0.2, 0) is 4.79 Å². The van der Waals surface area contributed by atoms with Crippen molar-refractivity contribution in [2.75, 3.05) is 19.7 Å². The van der Waals surface area contributed by atoms with Crippen molar-refractivity contribution in [2.24, 2.45) is 0 Å². The number of aliphatic hydroxyl groups is 1. The number of nitrogens with zero attached hydrogens (tertiary/aromatic N) is 1. The summed E-state index contributed by atoms with van der Waals surface area (Å²) in [4.78, 5) is 12.9. The summed E-state index contributed by atoms with van der Waals surface area (Å²) in [6.07, 6.45) is 2.86. The van der Waals surface area contributed by atoms with E-state index in [9.17, 15) is 4.79 Å². The lowest BCUT2D eigenvalue weighted by Crippen LogP contribution is -2.33. The first-order valence-corrected chi connectivity index (χ1v) is 4.58. The molecule has 0 aromatic carbocycles. The molecule has 1 N–H and O–H groups in total. The number of aliphatic hydroxyl groups excluding tert-OH is 1. The van der Waals surface area contributed by atoms with E-state index in [0.29, 0.717) is 12.5 Å². The van der Waals surface area contributed by atoms with Gasteiger partial charge in [0.1, 0.15) is 5.78 Å². The lowest BCUT2D eigenvalue weighted by molar-refractivity contribution is -0.117. The number of ketones is 1. The Bertz CT molecular complexity index is 159. The van der Waals surface area contributed by atoms with Gasteiger partial charge in [-0.2, -0.15) is 0 Å². The van der Waals surface area contributed by atoms with E-state index in [4.69, 9.17) is 5.11 Å². The monoisotopic (exact) mass is 171 g/mol. The van der Waals surface area contributed by atoms with Crippen LogP contribution in [0.15, 0.2) is 0 Å². The zero-order chi connectivity index (χ0) is 8.97. The van der Waals surface area contributed by atoms with Crippen LogP contribution >= 0.6 is 0 Å². The van der Waals surface area contributed by atoms with E-state index >= 15 is 0 Å². The Morgan fingerprint density at radius 1 is 1.67 bits per heavy atom. The molecule has 1 heterocycles. The van der Waals surface area contributed by atoms with Gasteiger partial charge >= 0.3 is 0 Å². The topological polar surface area (TPSA) is 40.5 Å². The Hall–Kier alpha value is -0.410. The maximum absolute atomic E-state index is 10.7. The fourth-order valence-corrected chi connectivity index (χ4v) is 1.70. The van der Waals surface area contributed by atoms with Gasteiger partial charge in [-0.15, -0.1) is 0 Å². The van der Waals surface area contributed by atoms with Crippen molar-refractivity contribution >= 4 is 5.78 Å². The van der Waals surface area contributed by atoms with Gasteiger partial charge in [0.15, 0.2) is 0 Å². The zero-order valence-corrected chi connectivity index (χ0v) is 7.62. The highest BCUT2D eigenvalue weighted by atomic mass is 16.3. The van der Waals surface area contributed by atoms with Crippen molar-refractivity contribution in [3.8, 4) is 0 Å². The van der Waals surface area contributed by atoms with Gasteiger partial charge in [-0.3, -0.25) is 9.69 Å². The summed E-state index contributed by atoms with van der Waals surface area (Å²) in [6.45, 7) is 3.71. The van der Waals surface area contributed by atoms with Gasteiger partial charge in [-0.05, 0) is 26.3 Å². The second kappa shape index (κ2) is 4.58. The minimum Gasteiger partial charge on any atom is -0.395 e. The van der Waals surface area contributed by atoms with Crippen LogP contribution in [0.1, 0.15) is 26.2 Å². The molecule has 1 atom stereocenters. The average molecular weight is 171 g/mol. The van der Waals surface area contributed by atoms with Crippen LogP contribution in [0.2, 0.25) is 0 Å². The molecule has 0 aromatic rings. The minimum absolute atomic E-state index is 0.234. The fourth-order valence-electron chi connectivity index (χ4n) is 1.70. The Morgan fingerprint density at radius 3 is 3.00 bits per heavy atom. The highest BCUT2D eigenvalue weighted by Crippen LogP contribution is 2.16. The van der Waals surface area contributed by atoms with Gasteiger partial charge in [0, 0.05) is 19.0 Å². The maximum Gasteiger partial charge on any atom is 0.131 e. The number of rotatable bonds is 4. The summed E-state index contributed by atoms with van der Waals surface area (Å²) in [5.74, 6) is 0.235. The maximum atomic E-state index is 10.7. The summed E-state index contributed by atoms with van der Waals surface area (Å²) >= 11 is 0. The molecular weight excluding hydrogens is 154 g/mol. The molecule has 1 fully saturated rings. The Labute approximate surface area is 73.4 Å². The van der Waals surface area contributed by atoms with E-state index in [-0.39, 0.29) is 12.4 Å². The number of likely N-dealkylation sites (tertiary alicyclic amines) is 1. The third kappa shape index (κ3) is 2.57. The smallest absolute Gasteiger partial charge is 0.131 e. The number of carbonyl (C=O) groups excluding carboxylic acids is 1. The van der Waals surface area contributed by atoms with Crippen LogP contribution in [0.5, 0.6) is 0 Å². The standard InChI is InChI=1S/C9H17NO2/c1-8(12)4-6-10-5-2-3-9(10)7-11/h9,11H,2-7H2,1H3. The highest BCUT2D eigenvalue weighted by Gasteiger charge is 2.22. The third-order valence-corrected chi connectivity index (χ3v) is 2.46. The van der Waals surface area contributed by atoms with Crippen LogP contribution in [-0.4, -0.2) is 41.5 Å². The van der Waals surface area contributed by atoms with Crippen LogP contribution < -0.4 is 0 Å². The van der Waals surface area contributed by atoms with Gasteiger partial charge in [-0.25, -0.2) is 0 Å². The van der Waals surface area contributed by atoms with Crippen LogP contribution in [0.25, 0.3) is 0 Å². The number of hydrogen-bond acceptors (Lipinski definition) is 3. The van der Waals surface area contributed by atoms with E-state index in [0.717, 1.165) is 25.9 Å². The van der Waals surface area contributed by atoms with Crippen LogP contribution in [0.3, 0.4) is 0 Å². The highest BCUT2D eigenvalue weighted by molar-refractivity contribution is 5.75. The largest absolute Gasteiger partial charge is 0.395 e. The first-order valence-electron chi connectivity index (χ1n) is 4.58. The summed E-state index contributed by atoms with van der Waals surface area (Å²) in [5, 5.41) is 8.98. The van der Waals surface area contributed by atoms with Gasteiger partial charge in [0.05, 0.1) is 6.61 Å². The molecule has 12 heavy (non-hydrogen) atoms. The first kappa shape index (κ1) is 9.68. The number of hydrogen-bond donors (Lipinski definition) is 1. The average Bonchev–Trinajstić information content (AvgIpc) is 2.47. The van der Waals surface area contributed by atoms with E-state index < -0.39 is 0 Å². The molecule has 1 aliphatic heterocycles. The number of Topliss-reactive ketones (excluding diaryl/α,β-unsaturated/α-hetero) is 1. The van der Waals surface area contributed by atoms with Crippen molar-refractivity contribution < 1.29 is 9.90 Å². The molecule has 0 bridgehead atoms. The molecule has 3 nitrogen and oxygen atoms in total.